The Morgan fingerprint density at radius 1 is 1.27 bits per heavy atom. The Morgan fingerprint density at radius 3 is 2.80 bits per heavy atom. The quantitative estimate of drug-likeness (QED) is 0.717. The van der Waals surface area contributed by atoms with Crippen LogP contribution in [0, 0.1) is 0 Å². The van der Waals surface area contributed by atoms with Crippen LogP contribution in [0.2, 0.25) is 0 Å². The average Bonchev–Trinajstić information content (AvgIpc) is 2.43. The number of carboxylic acids is 1. The van der Waals surface area contributed by atoms with Crippen molar-refractivity contribution in [2.24, 2.45) is 0 Å². The molecule has 0 spiro atoms. The monoisotopic (exact) mass is 215 g/mol. The predicted molar refractivity (Wildman–Crippen MR) is 53.5 cm³/mol. The van der Waals surface area contributed by atoms with E-state index < -0.39 is 5.97 Å². The van der Waals surface area contributed by atoms with E-state index in [0.717, 1.165) is 25.9 Å². The molecule has 5 heteroatoms. The number of aliphatic carboxylic acids is 1. The van der Waals surface area contributed by atoms with Crippen molar-refractivity contribution in [3.63, 3.8) is 0 Å². The largest absolute Gasteiger partial charge is 0.481 e. The molecule has 0 saturated carbocycles. The van der Waals surface area contributed by atoms with Gasteiger partial charge in [-0.05, 0) is 19.3 Å². The Bertz CT molecular complexity index is 221. The van der Waals surface area contributed by atoms with Gasteiger partial charge in [0.2, 0.25) is 5.91 Å². The summed E-state index contributed by atoms with van der Waals surface area (Å²) in [5.41, 5.74) is 0. The summed E-state index contributed by atoms with van der Waals surface area (Å²) in [5.74, 6) is -1.11. The van der Waals surface area contributed by atoms with Gasteiger partial charge in [0, 0.05) is 25.7 Å². The van der Waals surface area contributed by atoms with Gasteiger partial charge >= 0.3 is 5.97 Å². The minimum Gasteiger partial charge on any atom is -0.481 e. The van der Waals surface area contributed by atoms with Gasteiger partial charge in [-0.1, -0.05) is 0 Å². The van der Waals surface area contributed by atoms with Crippen LogP contribution in [0.3, 0.4) is 0 Å². The Labute approximate surface area is 88.8 Å². The topological polar surface area (TPSA) is 75.6 Å². The third kappa shape index (κ3) is 5.37. The van der Waals surface area contributed by atoms with Crippen LogP contribution < -0.4 is 5.32 Å². The van der Waals surface area contributed by atoms with Gasteiger partial charge in [0.05, 0.1) is 6.42 Å². The third-order valence-corrected chi connectivity index (χ3v) is 2.38. The SMILES string of the molecule is O=C(O)CCC(=O)NC1CCCOCC1. The average molecular weight is 215 g/mol. The zero-order valence-electron chi connectivity index (χ0n) is 8.70. The highest BCUT2D eigenvalue weighted by molar-refractivity contribution is 5.80. The highest BCUT2D eigenvalue weighted by atomic mass is 16.5. The lowest BCUT2D eigenvalue weighted by molar-refractivity contribution is -0.138. The second-order valence-corrected chi connectivity index (χ2v) is 3.70. The molecule has 2 N–H and O–H groups in total. The van der Waals surface area contributed by atoms with Crippen molar-refractivity contribution in [2.75, 3.05) is 13.2 Å². The first kappa shape index (κ1) is 12.0. The number of carboxylic acid groups (broad SMARTS) is 1. The van der Waals surface area contributed by atoms with E-state index in [1.54, 1.807) is 0 Å². The van der Waals surface area contributed by atoms with Gasteiger partial charge in [-0.15, -0.1) is 0 Å². The van der Waals surface area contributed by atoms with Crippen LogP contribution in [0.5, 0.6) is 0 Å². The normalized spacial score (nSPS) is 21.7. The first-order valence-electron chi connectivity index (χ1n) is 5.27. The molecule has 1 unspecified atom stereocenters. The molecule has 1 aliphatic heterocycles. The van der Waals surface area contributed by atoms with Gasteiger partial charge in [-0.2, -0.15) is 0 Å². The molecule has 5 nitrogen and oxygen atoms in total. The Balaban J connectivity index is 2.20. The molecule has 0 aromatic carbocycles. The maximum atomic E-state index is 11.3. The van der Waals surface area contributed by atoms with E-state index >= 15 is 0 Å². The minimum absolute atomic E-state index is 0.0622. The van der Waals surface area contributed by atoms with E-state index in [1.165, 1.54) is 0 Å². The Morgan fingerprint density at radius 2 is 2.07 bits per heavy atom. The molecule has 0 bridgehead atoms. The van der Waals surface area contributed by atoms with E-state index in [-0.39, 0.29) is 24.8 Å². The van der Waals surface area contributed by atoms with Crippen molar-refractivity contribution < 1.29 is 19.4 Å². The van der Waals surface area contributed by atoms with Crippen LogP contribution >= 0.6 is 0 Å². The van der Waals surface area contributed by atoms with Crippen LogP contribution in [-0.4, -0.2) is 36.2 Å². The molecule has 86 valence electrons. The lowest BCUT2D eigenvalue weighted by Gasteiger charge is -2.14. The smallest absolute Gasteiger partial charge is 0.303 e. The molecular weight excluding hydrogens is 198 g/mol. The summed E-state index contributed by atoms with van der Waals surface area (Å²) in [4.78, 5) is 21.6. The van der Waals surface area contributed by atoms with Gasteiger partial charge in [-0.25, -0.2) is 0 Å². The summed E-state index contributed by atoms with van der Waals surface area (Å²) in [5, 5.41) is 11.2. The van der Waals surface area contributed by atoms with Crippen LogP contribution in [0.1, 0.15) is 32.1 Å². The molecule has 1 heterocycles. The van der Waals surface area contributed by atoms with Gasteiger partial charge < -0.3 is 15.2 Å². The molecule has 1 amide bonds. The van der Waals surface area contributed by atoms with Gasteiger partial charge in [0.15, 0.2) is 0 Å². The first-order valence-corrected chi connectivity index (χ1v) is 5.27. The lowest BCUT2D eigenvalue weighted by Crippen LogP contribution is -2.35. The van der Waals surface area contributed by atoms with Crippen molar-refractivity contribution in [2.45, 2.75) is 38.1 Å². The summed E-state index contributed by atoms with van der Waals surface area (Å²) in [6, 6.07) is 0.147. The van der Waals surface area contributed by atoms with Crippen LogP contribution in [0.15, 0.2) is 0 Å². The summed E-state index contributed by atoms with van der Waals surface area (Å²) >= 11 is 0. The van der Waals surface area contributed by atoms with Crippen LogP contribution in [0.25, 0.3) is 0 Å². The first-order chi connectivity index (χ1) is 7.18. The van der Waals surface area contributed by atoms with Crippen molar-refractivity contribution >= 4 is 11.9 Å². The second-order valence-electron chi connectivity index (χ2n) is 3.70. The minimum atomic E-state index is -0.936. The number of rotatable bonds is 4. The maximum Gasteiger partial charge on any atom is 0.303 e. The number of carbonyl (C=O) groups excluding carboxylic acids is 1. The number of hydrogen-bond donors (Lipinski definition) is 2. The standard InChI is InChI=1S/C10H17NO4/c12-9(3-4-10(13)14)11-8-2-1-6-15-7-5-8/h8H,1-7H2,(H,11,12)(H,13,14). The molecular formula is C10H17NO4. The zero-order chi connectivity index (χ0) is 11.1. The second kappa shape index (κ2) is 6.40. The van der Waals surface area contributed by atoms with Gasteiger partial charge in [0.1, 0.15) is 0 Å². The molecule has 0 aliphatic carbocycles. The summed E-state index contributed by atoms with van der Waals surface area (Å²) in [6.45, 7) is 1.42. The van der Waals surface area contributed by atoms with Crippen LogP contribution in [-0.2, 0) is 14.3 Å². The number of ether oxygens (including phenoxy) is 1. The maximum absolute atomic E-state index is 11.3. The van der Waals surface area contributed by atoms with Crippen LogP contribution in [0.4, 0.5) is 0 Å². The van der Waals surface area contributed by atoms with Crippen molar-refractivity contribution in [3.8, 4) is 0 Å². The summed E-state index contributed by atoms with van der Waals surface area (Å²) in [6.07, 6.45) is 2.64. The van der Waals surface area contributed by atoms with Crippen molar-refractivity contribution in [1.29, 1.82) is 0 Å². The number of amides is 1. The van der Waals surface area contributed by atoms with E-state index in [4.69, 9.17) is 9.84 Å². The highest BCUT2D eigenvalue weighted by Crippen LogP contribution is 2.08. The third-order valence-electron chi connectivity index (χ3n) is 2.38. The van der Waals surface area contributed by atoms with Crippen molar-refractivity contribution in [3.05, 3.63) is 0 Å². The summed E-state index contributed by atoms with van der Waals surface area (Å²) < 4.78 is 5.26. The summed E-state index contributed by atoms with van der Waals surface area (Å²) in [7, 11) is 0. The number of carbonyl (C=O) groups is 2. The predicted octanol–water partition coefficient (Wildman–Crippen LogP) is 0.536. The molecule has 1 rings (SSSR count). The Hall–Kier alpha value is -1.10. The van der Waals surface area contributed by atoms with Crippen molar-refractivity contribution in [1.82, 2.24) is 5.32 Å². The molecule has 1 aliphatic rings. The number of nitrogens with one attached hydrogen (secondary N) is 1. The van der Waals surface area contributed by atoms with E-state index in [0.29, 0.717) is 6.61 Å². The molecule has 1 fully saturated rings. The zero-order valence-corrected chi connectivity index (χ0v) is 8.70. The number of hydrogen-bond acceptors (Lipinski definition) is 3. The fourth-order valence-corrected chi connectivity index (χ4v) is 1.57. The van der Waals surface area contributed by atoms with E-state index in [2.05, 4.69) is 5.32 Å². The molecule has 0 radical (unpaired) electrons. The molecule has 0 aromatic rings. The van der Waals surface area contributed by atoms with Gasteiger partial charge in [-0.3, -0.25) is 9.59 Å². The molecule has 1 saturated heterocycles. The lowest BCUT2D eigenvalue weighted by atomic mass is 10.1. The molecule has 1 atom stereocenters. The van der Waals surface area contributed by atoms with Gasteiger partial charge in [0.25, 0.3) is 0 Å². The molecule has 15 heavy (non-hydrogen) atoms. The van der Waals surface area contributed by atoms with E-state index in [1.807, 2.05) is 0 Å². The van der Waals surface area contributed by atoms with E-state index in [9.17, 15) is 9.59 Å². The Kier molecular flexibility index (Phi) is 5.10. The fraction of sp³-hybridized carbons (Fsp3) is 0.800. The molecule has 0 aromatic heterocycles. The highest BCUT2D eigenvalue weighted by Gasteiger charge is 2.15. The fourth-order valence-electron chi connectivity index (χ4n) is 1.57.